The lowest BCUT2D eigenvalue weighted by Crippen LogP contribution is -2.26. The highest BCUT2D eigenvalue weighted by molar-refractivity contribution is 9.10. The number of hydrogen-bond donors (Lipinski definition) is 1. The Morgan fingerprint density at radius 2 is 2.18 bits per heavy atom. The Morgan fingerprint density at radius 3 is 2.76 bits per heavy atom. The Morgan fingerprint density at radius 1 is 1.47 bits per heavy atom. The molecule has 3 nitrogen and oxygen atoms in total. The van der Waals surface area contributed by atoms with E-state index in [1.165, 1.54) is 11.0 Å². The molecule has 1 heterocycles. The van der Waals surface area contributed by atoms with Crippen molar-refractivity contribution in [2.24, 2.45) is 5.92 Å². The Hall–Kier alpha value is -1.01. The van der Waals surface area contributed by atoms with Gasteiger partial charge in [-0.05, 0) is 28.1 Å². The van der Waals surface area contributed by atoms with Gasteiger partial charge in [0, 0.05) is 25.5 Å². The van der Waals surface area contributed by atoms with Crippen LogP contribution < -0.4 is 4.90 Å². The summed E-state index contributed by atoms with van der Waals surface area (Å²) in [7, 11) is 0. The summed E-state index contributed by atoms with van der Waals surface area (Å²) in [6.07, 6.45) is 0.185. The molecule has 1 amide bonds. The first-order valence-corrected chi connectivity index (χ1v) is 5.88. The third-order valence-electron chi connectivity index (χ3n) is 2.77. The Bertz CT molecular complexity index is 467. The molecule has 0 radical (unpaired) electrons. The molecule has 0 saturated carbocycles. The highest BCUT2D eigenvalue weighted by Gasteiger charge is 2.32. The van der Waals surface area contributed by atoms with Gasteiger partial charge in [0.25, 0.3) is 0 Å². The summed E-state index contributed by atoms with van der Waals surface area (Å²) in [5.41, 5.74) is 0.0409. The number of nitrogens with zero attached hydrogens (tertiary/aromatic N) is 1. The monoisotopic (exact) mass is 305 g/mol. The second kappa shape index (κ2) is 4.70. The molecule has 1 aromatic carbocycles. The molecule has 1 N–H and O–H groups in total. The number of halogens is 3. The van der Waals surface area contributed by atoms with Crippen LogP contribution in [0, 0.1) is 17.6 Å². The number of carbonyl (C=O) groups excluding carboxylic acids is 1. The normalized spacial score (nSPS) is 20.1. The molecule has 0 aliphatic carbocycles. The summed E-state index contributed by atoms with van der Waals surface area (Å²) in [6, 6.07) is 2.33. The Balaban J connectivity index is 2.35. The number of hydrogen-bond acceptors (Lipinski definition) is 2. The molecule has 1 unspecified atom stereocenters. The maximum Gasteiger partial charge on any atom is 0.227 e. The fourth-order valence-corrected chi connectivity index (χ4v) is 2.20. The first kappa shape index (κ1) is 12.4. The van der Waals surface area contributed by atoms with Crippen molar-refractivity contribution in [3.63, 3.8) is 0 Å². The van der Waals surface area contributed by atoms with E-state index < -0.39 is 11.6 Å². The fourth-order valence-electron chi connectivity index (χ4n) is 1.86. The number of amides is 1. The SMILES string of the molecule is O=C1CC(CO)CN1c1ccc(F)c(Br)c1F. The maximum absolute atomic E-state index is 13.8. The second-order valence-electron chi connectivity index (χ2n) is 3.95. The Labute approximate surface area is 105 Å². The molecule has 1 aliphatic rings. The highest BCUT2D eigenvalue weighted by atomic mass is 79.9. The Kier molecular flexibility index (Phi) is 3.44. The van der Waals surface area contributed by atoms with Crippen molar-refractivity contribution in [1.29, 1.82) is 0 Å². The molecular formula is C11H10BrF2NO2. The van der Waals surface area contributed by atoms with Gasteiger partial charge in [-0.25, -0.2) is 8.78 Å². The smallest absolute Gasteiger partial charge is 0.227 e. The van der Waals surface area contributed by atoms with Crippen LogP contribution in [-0.2, 0) is 4.79 Å². The average molecular weight is 306 g/mol. The van der Waals surface area contributed by atoms with E-state index in [9.17, 15) is 13.6 Å². The van der Waals surface area contributed by atoms with Crippen LogP contribution in [-0.4, -0.2) is 24.2 Å². The molecule has 0 spiro atoms. The summed E-state index contributed by atoms with van der Waals surface area (Å²) in [4.78, 5) is 12.9. The molecule has 1 atom stereocenters. The summed E-state index contributed by atoms with van der Waals surface area (Å²) < 4.78 is 26.5. The molecule has 1 aromatic rings. The van der Waals surface area contributed by atoms with Crippen LogP contribution in [0.2, 0.25) is 0 Å². The van der Waals surface area contributed by atoms with Gasteiger partial charge in [-0.15, -0.1) is 0 Å². The van der Waals surface area contributed by atoms with E-state index in [1.54, 1.807) is 0 Å². The van der Waals surface area contributed by atoms with Crippen LogP contribution in [0.5, 0.6) is 0 Å². The third-order valence-corrected chi connectivity index (χ3v) is 3.50. The average Bonchev–Trinajstić information content (AvgIpc) is 2.68. The lowest BCUT2D eigenvalue weighted by Gasteiger charge is -2.17. The zero-order valence-corrected chi connectivity index (χ0v) is 10.4. The van der Waals surface area contributed by atoms with E-state index in [2.05, 4.69) is 15.9 Å². The maximum atomic E-state index is 13.8. The van der Waals surface area contributed by atoms with Crippen molar-refractivity contribution in [3.8, 4) is 0 Å². The highest BCUT2D eigenvalue weighted by Crippen LogP contribution is 2.32. The van der Waals surface area contributed by atoms with Gasteiger partial charge in [-0.1, -0.05) is 0 Å². The molecule has 2 rings (SSSR count). The molecule has 1 aliphatic heterocycles. The van der Waals surface area contributed by atoms with E-state index >= 15 is 0 Å². The van der Waals surface area contributed by atoms with Gasteiger partial charge in [0.15, 0.2) is 5.82 Å². The minimum atomic E-state index is -0.795. The van der Waals surface area contributed by atoms with E-state index in [-0.39, 0.29) is 41.6 Å². The van der Waals surface area contributed by atoms with Crippen LogP contribution in [0.3, 0.4) is 0 Å². The molecule has 92 valence electrons. The lowest BCUT2D eigenvalue weighted by atomic mass is 10.1. The minimum Gasteiger partial charge on any atom is -0.396 e. The van der Waals surface area contributed by atoms with Crippen LogP contribution in [0.1, 0.15) is 6.42 Å². The zero-order valence-electron chi connectivity index (χ0n) is 8.79. The fraction of sp³-hybridized carbons (Fsp3) is 0.364. The standard InChI is InChI=1S/C11H10BrF2NO2/c12-10-7(13)1-2-8(11(10)14)15-4-6(5-16)3-9(15)17/h1-2,6,16H,3-5H2. The lowest BCUT2D eigenvalue weighted by molar-refractivity contribution is -0.117. The largest absolute Gasteiger partial charge is 0.396 e. The van der Waals surface area contributed by atoms with Gasteiger partial charge in [-0.2, -0.15) is 0 Å². The zero-order chi connectivity index (χ0) is 12.6. The molecule has 6 heteroatoms. The van der Waals surface area contributed by atoms with E-state index in [0.717, 1.165) is 6.07 Å². The van der Waals surface area contributed by atoms with Gasteiger partial charge in [0.2, 0.25) is 5.91 Å². The van der Waals surface area contributed by atoms with Crippen molar-refractivity contribution in [2.75, 3.05) is 18.1 Å². The number of carbonyl (C=O) groups is 1. The van der Waals surface area contributed by atoms with E-state index in [0.29, 0.717) is 0 Å². The van der Waals surface area contributed by atoms with Gasteiger partial charge in [-0.3, -0.25) is 4.79 Å². The van der Waals surface area contributed by atoms with Crippen LogP contribution >= 0.6 is 15.9 Å². The van der Waals surface area contributed by atoms with E-state index in [4.69, 9.17) is 5.11 Å². The van der Waals surface area contributed by atoms with Gasteiger partial charge in [0.05, 0.1) is 10.2 Å². The first-order chi connectivity index (χ1) is 8.04. The number of rotatable bonds is 2. The number of benzene rings is 1. The summed E-state index contributed by atoms with van der Waals surface area (Å²) >= 11 is 2.79. The van der Waals surface area contributed by atoms with Crippen LogP contribution in [0.4, 0.5) is 14.5 Å². The molecule has 1 fully saturated rings. The summed E-state index contributed by atoms with van der Waals surface area (Å²) in [5, 5.41) is 8.97. The van der Waals surface area contributed by atoms with E-state index in [1.807, 2.05) is 0 Å². The quantitative estimate of drug-likeness (QED) is 0.850. The molecule has 0 aromatic heterocycles. The topological polar surface area (TPSA) is 40.5 Å². The predicted octanol–water partition coefficient (Wildman–Crippen LogP) is 2.07. The van der Waals surface area contributed by atoms with Gasteiger partial charge in [0.1, 0.15) is 5.82 Å². The minimum absolute atomic E-state index is 0.0409. The van der Waals surface area contributed by atoms with Crippen molar-refractivity contribution in [3.05, 3.63) is 28.2 Å². The number of aliphatic hydroxyl groups excluding tert-OH is 1. The van der Waals surface area contributed by atoms with Crippen molar-refractivity contribution in [1.82, 2.24) is 0 Å². The van der Waals surface area contributed by atoms with Crippen LogP contribution in [0.25, 0.3) is 0 Å². The summed E-state index contributed by atoms with van der Waals surface area (Å²) in [6.45, 7) is 0.135. The van der Waals surface area contributed by atoms with Crippen molar-refractivity contribution >= 4 is 27.5 Å². The van der Waals surface area contributed by atoms with Crippen molar-refractivity contribution < 1.29 is 18.7 Å². The molecule has 0 bridgehead atoms. The third kappa shape index (κ3) is 2.19. The molecule has 1 saturated heterocycles. The second-order valence-corrected chi connectivity index (χ2v) is 4.74. The first-order valence-electron chi connectivity index (χ1n) is 5.09. The molecular weight excluding hydrogens is 296 g/mol. The predicted molar refractivity (Wildman–Crippen MR) is 61.6 cm³/mol. The van der Waals surface area contributed by atoms with Gasteiger partial charge < -0.3 is 10.0 Å². The molecule has 17 heavy (non-hydrogen) atoms. The summed E-state index contributed by atoms with van der Waals surface area (Å²) in [5.74, 6) is -1.96. The number of aliphatic hydroxyl groups is 1. The van der Waals surface area contributed by atoms with Crippen molar-refractivity contribution in [2.45, 2.75) is 6.42 Å². The van der Waals surface area contributed by atoms with Gasteiger partial charge >= 0.3 is 0 Å². The van der Waals surface area contributed by atoms with Crippen LogP contribution in [0.15, 0.2) is 16.6 Å². The number of anilines is 1.